The summed E-state index contributed by atoms with van der Waals surface area (Å²) in [5, 5.41) is 0. The molecule has 2 aromatic rings. The van der Waals surface area contributed by atoms with Crippen molar-refractivity contribution in [3.05, 3.63) is 64.7 Å². The van der Waals surface area contributed by atoms with Gasteiger partial charge in [-0.3, -0.25) is 0 Å². The number of rotatable bonds is 3. The largest absolute Gasteiger partial charge is 0.497 e. The van der Waals surface area contributed by atoms with Gasteiger partial charge in [0.05, 0.1) is 12.6 Å². The van der Waals surface area contributed by atoms with E-state index in [0.29, 0.717) is 11.3 Å². The van der Waals surface area contributed by atoms with Crippen LogP contribution in [0.4, 0.5) is 8.78 Å². The van der Waals surface area contributed by atoms with Gasteiger partial charge in [-0.1, -0.05) is 6.07 Å². The summed E-state index contributed by atoms with van der Waals surface area (Å²) in [6, 6.07) is 8.79. The van der Waals surface area contributed by atoms with Gasteiger partial charge in [0.1, 0.15) is 17.4 Å². The Hall–Kier alpha value is -1.94. The Balaban J connectivity index is 2.53. The Morgan fingerprint density at radius 2 is 1.65 bits per heavy atom. The van der Waals surface area contributed by atoms with E-state index in [1.54, 1.807) is 20.1 Å². The van der Waals surface area contributed by atoms with Crippen molar-refractivity contribution in [2.75, 3.05) is 7.11 Å². The van der Waals surface area contributed by atoms with E-state index in [9.17, 15) is 8.78 Å². The van der Waals surface area contributed by atoms with E-state index in [1.165, 1.54) is 12.1 Å². The van der Waals surface area contributed by atoms with Crippen molar-refractivity contribution in [2.45, 2.75) is 19.4 Å². The van der Waals surface area contributed by atoms with E-state index in [1.807, 2.05) is 19.1 Å². The maximum atomic E-state index is 13.4. The highest BCUT2D eigenvalue weighted by molar-refractivity contribution is 5.44. The topological polar surface area (TPSA) is 35.2 Å². The predicted octanol–water partition coefficient (Wildman–Crippen LogP) is 3.50. The van der Waals surface area contributed by atoms with Crippen LogP contribution in [-0.2, 0) is 5.54 Å². The molecule has 2 nitrogen and oxygen atoms in total. The standard InChI is InChI=1S/C16H17F2NO/c1-10-6-14(20-3)4-5-15(10)16(2,19)11-7-12(17)9-13(18)8-11/h4-9H,19H2,1-3H3. The van der Waals surface area contributed by atoms with Crippen molar-refractivity contribution in [1.29, 1.82) is 0 Å². The molecule has 2 rings (SSSR count). The zero-order valence-corrected chi connectivity index (χ0v) is 11.7. The van der Waals surface area contributed by atoms with Crippen molar-refractivity contribution in [1.82, 2.24) is 0 Å². The molecule has 0 bridgehead atoms. The Bertz CT molecular complexity index is 618. The molecule has 2 N–H and O–H groups in total. The molecule has 4 heteroatoms. The molecule has 0 fully saturated rings. The van der Waals surface area contributed by atoms with E-state index < -0.39 is 17.2 Å². The van der Waals surface area contributed by atoms with Gasteiger partial charge in [-0.05, 0) is 54.8 Å². The minimum Gasteiger partial charge on any atom is -0.497 e. The Labute approximate surface area is 117 Å². The Morgan fingerprint density at radius 1 is 1.05 bits per heavy atom. The highest BCUT2D eigenvalue weighted by Gasteiger charge is 2.26. The molecule has 0 spiro atoms. The molecule has 2 aromatic carbocycles. The maximum Gasteiger partial charge on any atom is 0.126 e. The fourth-order valence-electron chi connectivity index (χ4n) is 2.36. The van der Waals surface area contributed by atoms with Crippen LogP contribution in [0.25, 0.3) is 0 Å². The van der Waals surface area contributed by atoms with Crippen LogP contribution in [0, 0.1) is 18.6 Å². The third kappa shape index (κ3) is 2.65. The molecule has 0 aliphatic rings. The summed E-state index contributed by atoms with van der Waals surface area (Å²) < 4.78 is 31.9. The first kappa shape index (κ1) is 14.5. The minimum absolute atomic E-state index is 0.392. The van der Waals surface area contributed by atoms with Crippen LogP contribution in [0.3, 0.4) is 0 Å². The van der Waals surface area contributed by atoms with Crippen molar-refractivity contribution in [3.8, 4) is 5.75 Å². The van der Waals surface area contributed by atoms with Gasteiger partial charge >= 0.3 is 0 Å². The van der Waals surface area contributed by atoms with Crippen molar-refractivity contribution in [2.24, 2.45) is 5.73 Å². The number of methoxy groups -OCH3 is 1. The Morgan fingerprint density at radius 3 is 2.15 bits per heavy atom. The molecule has 1 unspecified atom stereocenters. The molecule has 0 aliphatic carbocycles. The molecule has 106 valence electrons. The average Bonchev–Trinajstić information content (AvgIpc) is 2.37. The van der Waals surface area contributed by atoms with E-state index in [4.69, 9.17) is 10.5 Å². The van der Waals surface area contributed by atoms with Gasteiger partial charge in [-0.25, -0.2) is 8.78 Å². The summed E-state index contributed by atoms with van der Waals surface area (Å²) in [6.45, 7) is 3.62. The molecule has 0 radical (unpaired) electrons. The molecule has 1 atom stereocenters. The number of aryl methyl sites for hydroxylation is 1. The monoisotopic (exact) mass is 277 g/mol. The fourth-order valence-corrected chi connectivity index (χ4v) is 2.36. The number of hydrogen-bond acceptors (Lipinski definition) is 2. The van der Waals surface area contributed by atoms with Crippen molar-refractivity contribution in [3.63, 3.8) is 0 Å². The second-order valence-electron chi connectivity index (χ2n) is 5.04. The summed E-state index contributed by atoms with van der Waals surface area (Å²) in [5.41, 5.74) is 7.42. The molecule has 0 aromatic heterocycles. The lowest BCUT2D eigenvalue weighted by Gasteiger charge is -2.28. The van der Waals surface area contributed by atoms with Gasteiger partial charge in [0.2, 0.25) is 0 Å². The van der Waals surface area contributed by atoms with E-state index in [-0.39, 0.29) is 0 Å². The molecule has 0 amide bonds. The molecular weight excluding hydrogens is 260 g/mol. The fraction of sp³-hybridized carbons (Fsp3) is 0.250. The number of ether oxygens (including phenoxy) is 1. The lowest BCUT2D eigenvalue weighted by atomic mass is 9.83. The maximum absolute atomic E-state index is 13.4. The molecule has 0 aliphatic heterocycles. The first-order valence-corrected chi connectivity index (χ1v) is 6.25. The van der Waals surface area contributed by atoms with Crippen LogP contribution >= 0.6 is 0 Å². The SMILES string of the molecule is COc1ccc(C(C)(N)c2cc(F)cc(F)c2)c(C)c1. The van der Waals surface area contributed by atoms with Gasteiger partial charge in [0.25, 0.3) is 0 Å². The second kappa shape index (κ2) is 5.21. The van der Waals surface area contributed by atoms with Gasteiger partial charge in [-0.2, -0.15) is 0 Å². The summed E-state index contributed by atoms with van der Waals surface area (Å²) in [7, 11) is 1.58. The van der Waals surface area contributed by atoms with Crippen LogP contribution in [0.15, 0.2) is 36.4 Å². The van der Waals surface area contributed by atoms with Crippen LogP contribution in [0.2, 0.25) is 0 Å². The highest BCUT2D eigenvalue weighted by atomic mass is 19.1. The predicted molar refractivity (Wildman–Crippen MR) is 74.7 cm³/mol. The van der Waals surface area contributed by atoms with Gasteiger partial charge < -0.3 is 10.5 Å². The minimum atomic E-state index is -0.987. The van der Waals surface area contributed by atoms with Crippen LogP contribution < -0.4 is 10.5 Å². The van der Waals surface area contributed by atoms with Crippen LogP contribution in [0.1, 0.15) is 23.6 Å². The van der Waals surface area contributed by atoms with Crippen LogP contribution in [0.5, 0.6) is 5.75 Å². The van der Waals surface area contributed by atoms with Crippen molar-refractivity contribution >= 4 is 0 Å². The highest BCUT2D eigenvalue weighted by Crippen LogP contribution is 2.31. The smallest absolute Gasteiger partial charge is 0.126 e. The normalized spacial score (nSPS) is 13.9. The first-order valence-electron chi connectivity index (χ1n) is 6.25. The second-order valence-corrected chi connectivity index (χ2v) is 5.04. The third-order valence-corrected chi connectivity index (χ3v) is 3.46. The molecular formula is C16H17F2NO. The summed E-state index contributed by atoms with van der Waals surface area (Å²) in [4.78, 5) is 0. The summed E-state index contributed by atoms with van der Waals surface area (Å²) in [6.07, 6.45) is 0. The third-order valence-electron chi connectivity index (χ3n) is 3.46. The molecule has 20 heavy (non-hydrogen) atoms. The number of hydrogen-bond donors (Lipinski definition) is 1. The zero-order valence-electron chi connectivity index (χ0n) is 11.7. The molecule has 0 saturated carbocycles. The van der Waals surface area contributed by atoms with Gasteiger partial charge in [0, 0.05) is 6.07 Å². The molecule has 0 heterocycles. The summed E-state index contributed by atoms with van der Waals surface area (Å²) in [5.74, 6) is -0.557. The van der Waals surface area contributed by atoms with Gasteiger partial charge in [-0.15, -0.1) is 0 Å². The van der Waals surface area contributed by atoms with E-state index >= 15 is 0 Å². The van der Waals surface area contributed by atoms with E-state index in [0.717, 1.165) is 17.2 Å². The lowest BCUT2D eigenvalue weighted by molar-refractivity contribution is 0.414. The summed E-state index contributed by atoms with van der Waals surface area (Å²) >= 11 is 0. The van der Waals surface area contributed by atoms with Crippen molar-refractivity contribution < 1.29 is 13.5 Å². The number of benzene rings is 2. The quantitative estimate of drug-likeness (QED) is 0.932. The first-order chi connectivity index (χ1) is 9.34. The zero-order chi connectivity index (χ0) is 14.9. The molecule has 0 saturated heterocycles. The van der Waals surface area contributed by atoms with E-state index in [2.05, 4.69) is 0 Å². The number of nitrogens with two attached hydrogens (primary N) is 1. The van der Waals surface area contributed by atoms with Gasteiger partial charge in [0.15, 0.2) is 0 Å². The van der Waals surface area contributed by atoms with Crippen LogP contribution in [-0.4, -0.2) is 7.11 Å². The Kier molecular flexibility index (Phi) is 3.77. The number of halogens is 2. The lowest BCUT2D eigenvalue weighted by Crippen LogP contribution is -2.35. The average molecular weight is 277 g/mol.